The number of carbonyl (C=O) groups excluding carboxylic acids is 1. The number of oxime groups is 1. The van der Waals surface area contributed by atoms with Crippen molar-refractivity contribution < 1.29 is 14.4 Å². The van der Waals surface area contributed by atoms with Crippen molar-refractivity contribution in [1.82, 2.24) is 0 Å². The van der Waals surface area contributed by atoms with Crippen LogP contribution in [-0.2, 0) is 16.2 Å². The van der Waals surface area contributed by atoms with Crippen molar-refractivity contribution in [2.24, 2.45) is 5.16 Å². The van der Waals surface area contributed by atoms with Gasteiger partial charge < -0.3 is 14.5 Å². The fourth-order valence-electron chi connectivity index (χ4n) is 2.44. The molecule has 5 nitrogen and oxygen atoms in total. The first-order valence-electron chi connectivity index (χ1n) is 7.65. The van der Waals surface area contributed by atoms with Crippen LogP contribution in [0.25, 0.3) is 0 Å². The van der Waals surface area contributed by atoms with E-state index in [0.717, 1.165) is 34.3 Å². The number of para-hydroxylation sites is 2. The van der Waals surface area contributed by atoms with E-state index in [-0.39, 0.29) is 5.91 Å². The lowest BCUT2D eigenvalue weighted by atomic mass is 10.1. The van der Waals surface area contributed by atoms with Gasteiger partial charge in [-0.2, -0.15) is 0 Å². The third-order valence-corrected chi connectivity index (χ3v) is 3.73. The Bertz CT molecular complexity index is 721. The van der Waals surface area contributed by atoms with Gasteiger partial charge in [-0.15, -0.1) is 0 Å². The summed E-state index contributed by atoms with van der Waals surface area (Å²) >= 11 is 0. The number of amides is 1. The molecule has 0 radical (unpaired) electrons. The molecule has 0 aliphatic rings. The molecule has 126 valence electrons. The fraction of sp³-hybridized carbons (Fsp3) is 0.263. The van der Waals surface area contributed by atoms with Crippen LogP contribution < -0.4 is 9.64 Å². The van der Waals surface area contributed by atoms with Crippen molar-refractivity contribution in [3.8, 4) is 5.75 Å². The third-order valence-electron chi connectivity index (χ3n) is 3.73. The van der Waals surface area contributed by atoms with Crippen LogP contribution in [0.4, 0.5) is 5.69 Å². The summed E-state index contributed by atoms with van der Waals surface area (Å²) in [4.78, 5) is 18.2. The van der Waals surface area contributed by atoms with Crippen molar-refractivity contribution >= 4 is 17.8 Å². The highest BCUT2D eigenvalue weighted by Crippen LogP contribution is 2.26. The summed E-state index contributed by atoms with van der Waals surface area (Å²) in [5, 5.41) is 3.52. The van der Waals surface area contributed by atoms with E-state index < -0.39 is 0 Å². The van der Waals surface area contributed by atoms with Crippen molar-refractivity contribution in [2.45, 2.75) is 20.5 Å². The number of anilines is 1. The van der Waals surface area contributed by atoms with Crippen LogP contribution in [0.3, 0.4) is 0 Å². The van der Waals surface area contributed by atoms with Crippen molar-refractivity contribution in [2.75, 3.05) is 19.1 Å². The maximum Gasteiger partial charge on any atom is 0.272 e. The molecule has 0 fully saturated rings. The van der Waals surface area contributed by atoms with Gasteiger partial charge in [-0.05, 0) is 31.0 Å². The van der Waals surface area contributed by atoms with Gasteiger partial charge in [-0.3, -0.25) is 4.79 Å². The topological polar surface area (TPSA) is 51.1 Å². The zero-order valence-corrected chi connectivity index (χ0v) is 14.4. The first-order chi connectivity index (χ1) is 11.5. The number of ether oxygens (including phenoxy) is 1. The number of aryl methyl sites for hydroxylation is 2. The van der Waals surface area contributed by atoms with Gasteiger partial charge in [0.25, 0.3) is 5.91 Å². The van der Waals surface area contributed by atoms with Crippen LogP contribution in [0, 0.1) is 13.8 Å². The predicted molar refractivity (Wildman–Crippen MR) is 95.6 cm³/mol. The van der Waals surface area contributed by atoms with E-state index in [1.165, 1.54) is 12.0 Å². The Morgan fingerprint density at radius 3 is 2.46 bits per heavy atom. The van der Waals surface area contributed by atoms with Crippen molar-refractivity contribution in [3.05, 3.63) is 59.2 Å². The van der Waals surface area contributed by atoms with Crippen LogP contribution >= 0.6 is 0 Å². The lowest BCUT2D eigenvalue weighted by Crippen LogP contribution is -2.28. The van der Waals surface area contributed by atoms with Gasteiger partial charge in [0.1, 0.15) is 25.7 Å². The number of rotatable bonds is 6. The molecule has 0 unspecified atom stereocenters. The number of benzene rings is 2. The Morgan fingerprint density at radius 2 is 1.79 bits per heavy atom. The molecule has 0 heterocycles. The smallest absolute Gasteiger partial charge is 0.272 e. The van der Waals surface area contributed by atoms with E-state index in [9.17, 15) is 4.79 Å². The minimum Gasteiger partial charge on any atom is -0.488 e. The predicted octanol–water partition coefficient (Wildman–Crippen LogP) is 3.48. The molecule has 0 bridgehead atoms. The molecule has 5 heteroatoms. The zero-order chi connectivity index (χ0) is 17.5. The summed E-state index contributed by atoms with van der Waals surface area (Å²) in [6.07, 6.45) is 1.14. The largest absolute Gasteiger partial charge is 0.488 e. The first kappa shape index (κ1) is 17.5. The molecule has 0 saturated carbocycles. The second-order valence-electron chi connectivity index (χ2n) is 5.45. The summed E-state index contributed by atoms with van der Waals surface area (Å²) in [5.41, 5.74) is 3.87. The minimum absolute atomic E-state index is 0.267. The highest BCUT2D eigenvalue weighted by atomic mass is 16.6. The van der Waals surface area contributed by atoms with Crippen LogP contribution in [-0.4, -0.2) is 26.3 Å². The highest BCUT2D eigenvalue weighted by molar-refractivity contribution is 6.32. The molecule has 0 spiro atoms. The van der Waals surface area contributed by atoms with Crippen LogP contribution in [0.2, 0.25) is 0 Å². The SMILES string of the molecule is CON=CC(=O)N(C)c1ccccc1COc1c(C)cccc1C. The molecule has 0 aliphatic carbocycles. The highest BCUT2D eigenvalue weighted by Gasteiger charge is 2.14. The van der Waals surface area contributed by atoms with Crippen LogP contribution in [0.15, 0.2) is 47.6 Å². The molecular weight excluding hydrogens is 304 g/mol. The molecular formula is C19H22N2O3. The zero-order valence-electron chi connectivity index (χ0n) is 14.4. The number of carbonyl (C=O) groups is 1. The lowest BCUT2D eigenvalue weighted by molar-refractivity contribution is -0.112. The monoisotopic (exact) mass is 326 g/mol. The van der Waals surface area contributed by atoms with E-state index in [4.69, 9.17) is 4.74 Å². The Kier molecular flexibility index (Phi) is 5.95. The van der Waals surface area contributed by atoms with Crippen molar-refractivity contribution in [3.63, 3.8) is 0 Å². The van der Waals surface area contributed by atoms with Gasteiger partial charge in [-0.25, -0.2) is 0 Å². The molecule has 2 aromatic carbocycles. The standard InChI is InChI=1S/C19H22N2O3/c1-14-8-7-9-15(2)19(14)24-13-16-10-5-6-11-17(16)21(3)18(22)12-20-23-4/h5-12H,13H2,1-4H3. The minimum atomic E-state index is -0.267. The molecule has 1 amide bonds. The quantitative estimate of drug-likeness (QED) is 0.603. The molecule has 0 aromatic heterocycles. The Hall–Kier alpha value is -2.82. The lowest BCUT2D eigenvalue weighted by Gasteiger charge is -2.20. The van der Waals surface area contributed by atoms with E-state index in [0.29, 0.717) is 6.61 Å². The third kappa shape index (κ3) is 4.13. The molecule has 0 saturated heterocycles. The average Bonchev–Trinajstić information content (AvgIpc) is 2.59. The Labute approximate surface area is 142 Å². The molecule has 0 atom stereocenters. The van der Waals surface area contributed by atoms with Gasteiger partial charge in [0, 0.05) is 12.6 Å². The Morgan fingerprint density at radius 1 is 1.12 bits per heavy atom. The second kappa shape index (κ2) is 8.15. The number of hydrogen-bond donors (Lipinski definition) is 0. The van der Waals surface area contributed by atoms with E-state index >= 15 is 0 Å². The van der Waals surface area contributed by atoms with Gasteiger partial charge in [0.2, 0.25) is 0 Å². The molecule has 24 heavy (non-hydrogen) atoms. The Balaban J connectivity index is 2.20. The van der Waals surface area contributed by atoms with E-state index in [1.54, 1.807) is 7.05 Å². The van der Waals surface area contributed by atoms with E-state index in [2.05, 4.69) is 9.99 Å². The summed E-state index contributed by atoms with van der Waals surface area (Å²) in [6.45, 7) is 4.41. The second-order valence-corrected chi connectivity index (χ2v) is 5.45. The molecule has 2 rings (SSSR count). The molecule has 0 N–H and O–H groups in total. The maximum atomic E-state index is 12.1. The van der Waals surface area contributed by atoms with Gasteiger partial charge in [0.15, 0.2) is 0 Å². The van der Waals surface area contributed by atoms with Crippen molar-refractivity contribution in [1.29, 1.82) is 0 Å². The average molecular weight is 326 g/mol. The first-order valence-corrected chi connectivity index (χ1v) is 7.65. The summed E-state index contributed by atoms with van der Waals surface area (Å²) in [6, 6.07) is 13.7. The van der Waals surface area contributed by atoms with Gasteiger partial charge in [0.05, 0.1) is 5.69 Å². The maximum absolute atomic E-state index is 12.1. The van der Waals surface area contributed by atoms with Crippen LogP contribution in [0.1, 0.15) is 16.7 Å². The summed E-state index contributed by atoms with van der Waals surface area (Å²) < 4.78 is 6.01. The number of hydrogen-bond acceptors (Lipinski definition) is 4. The summed E-state index contributed by atoms with van der Waals surface area (Å²) in [7, 11) is 3.10. The van der Waals surface area contributed by atoms with Gasteiger partial charge >= 0.3 is 0 Å². The van der Waals surface area contributed by atoms with Gasteiger partial charge in [-0.1, -0.05) is 41.6 Å². The normalized spacial score (nSPS) is 10.7. The summed E-state index contributed by atoms with van der Waals surface area (Å²) in [5.74, 6) is 0.610. The molecule has 2 aromatic rings. The molecule has 0 aliphatic heterocycles. The van der Waals surface area contributed by atoms with Crippen LogP contribution in [0.5, 0.6) is 5.75 Å². The van der Waals surface area contributed by atoms with E-state index in [1.807, 2.05) is 56.3 Å². The number of nitrogens with zero attached hydrogens (tertiary/aromatic N) is 2. The fourth-order valence-corrected chi connectivity index (χ4v) is 2.44.